The Balaban J connectivity index is 3.00. The van der Waals surface area contributed by atoms with Crippen LogP contribution in [0.4, 0.5) is 0 Å². The van der Waals surface area contributed by atoms with Gasteiger partial charge in [0.25, 0.3) is 5.91 Å². The first-order chi connectivity index (χ1) is 6.66. The van der Waals surface area contributed by atoms with Crippen LogP contribution in [0.2, 0.25) is 0 Å². The highest BCUT2D eigenvalue weighted by molar-refractivity contribution is 5.80. The van der Waals surface area contributed by atoms with Crippen molar-refractivity contribution in [1.29, 1.82) is 0 Å². The molecule has 1 atom stereocenters. The van der Waals surface area contributed by atoms with Crippen LogP contribution in [0.25, 0.3) is 0 Å². The summed E-state index contributed by atoms with van der Waals surface area (Å²) in [7, 11) is 1.55. The maximum atomic E-state index is 10.8. The monoisotopic (exact) mass is 195 g/mol. The molecule has 0 bridgehead atoms. The molecule has 0 radical (unpaired) electrons. The molecule has 3 N–H and O–H groups in total. The van der Waals surface area contributed by atoms with Gasteiger partial charge in [-0.1, -0.05) is 24.3 Å². The number of hydrogen-bond donors (Lipinski definition) is 2. The van der Waals surface area contributed by atoms with Gasteiger partial charge in [-0.2, -0.15) is 0 Å². The van der Waals surface area contributed by atoms with E-state index in [0.717, 1.165) is 5.56 Å². The molecule has 1 aromatic rings. The van der Waals surface area contributed by atoms with E-state index in [1.165, 1.54) is 0 Å². The summed E-state index contributed by atoms with van der Waals surface area (Å²) in [5.41, 5.74) is 6.27. The summed E-state index contributed by atoms with van der Waals surface area (Å²) >= 11 is 0. The molecule has 0 spiro atoms. The average Bonchev–Trinajstić information content (AvgIpc) is 2.18. The first-order valence-electron chi connectivity index (χ1n) is 4.21. The Kier molecular flexibility index (Phi) is 3.62. The standard InChI is InChI=1S/C10H13NO3/c1-14-6-7-4-2-3-5-8(7)9(12)10(11)13/h2-5,9,12H,6H2,1H3,(H2,11,13). The molecule has 1 aromatic carbocycles. The van der Waals surface area contributed by atoms with Crippen LogP contribution in [0.1, 0.15) is 17.2 Å². The van der Waals surface area contributed by atoms with Crippen molar-refractivity contribution in [3.05, 3.63) is 35.4 Å². The van der Waals surface area contributed by atoms with Crippen LogP contribution in [-0.2, 0) is 16.1 Å². The summed E-state index contributed by atoms with van der Waals surface area (Å²) in [6.07, 6.45) is -1.26. The van der Waals surface area contributed by atoms with E-state index in [4.69, 9.17) is 10.5 Å². The fourth-order valence-electron chi connectivity index (χ4n) is 1.24. The molecule has 4 nitrogen and oxygen atoms in total. The minimum atomic E-state index is -1.26. The number of aliphatic hydroxyl groups is 1. The lowest BCUT2D eigenvalue weighted by molar-refractivity contribution is -0.126. The number of aliphatic hydroxyl groups excluding tert-OH is 1. The van der Waals surface area contributed by atoms with Crippen molar-refractivity contribution in [2.45, 2.75) is 12.7 Å². The van der Waals surface area contributed by atoms with Gasteiger partial charge in [0.2, 0.25) is 0 Å². The third-order valence-electron chi connectivity index (χ3n) is 1.92. The predicted octanol–water partition coefficient (Wildman–Crippen LogP) is 0.352. The number of carbonyl (C=O) groups is 1. The van der Waals surface area contributed by atoms with Crippen LogP contribution < -0.4 is 5.73 Å². The van der Waals surface area contributed by atoms with Crippen molar-refractivity contribution in [1.82, 2.24) is 0 Å². The van der Waals surface area contributed by atoms with E-state index in [1.54, 1.807) is 25.3 Å². The highest BCUT2D eigenvalue weighted by Crippen LogP contribution is 2.18. The number of ether oxygens (including phenoxy) is 1. The zero-order valence-corrected chi connectivity index (χ0v) is 7.93. The van der Waals surface area contributed by atoms with Crippen LogP contribution in [0.5, 0.6) is 0 Å². The minimum Gasteiger partial charge on any atom is -0.380 e. The van der Waals surface area contributed by atoms with Gasteiger partial charge in [-0.05, 0) is 11.1 Å². The lowest BCUT2D eigenvalue weighted by Crippen LogP contribution is -2.22. The smallest absolute Gasteiger partial charge is 0.250 e. The van der Waals surface area contributed by atoms with Crippen molar-refractivity contribution >= 4 is 5.91 Å². The molecule has 0 saturated heterocycles. The molecule has 76 valence electrons. The van der Waals surface area contributed by atoms with Crippen LogP contribution in [0.3, 0.4) is 0 Å². The summed E-state index contributed by atoms with van der Waals surface area (Å²) in [5, 5.41) is 9.48. The molecule has 4 heteroatoms. The SMILES string of the molecule is COCc1ccccc1C(O)C(N)=O. The molecule has 1 amide bonds. The molecular weight excluding hydrogens is 182 g/mol. The highest BCUT2D eigenvalue weighted by Gasteiger charge is 2.16. The number of nitrogens with two attached hydrogens (primary N) is 1. The Morgan fingerprint density at radius 1 is 1.57 bits per heavy atom. The Hall–Kier alpha value is -1.39. The zero-order valence-electron chi connectivity index (χ0n) is 7.93. The predicted molar refractivity (Wildman–Crippen MR) is 51.3 cm³/mol. The molecule has 14 heavy (non-hydrogen) atoms. The number of hydrogen-bond acceptors (Lipinski definition) is 3. The van der Waals surface area contributed by atoms with E-state index in [2.05, 4.69) is 0 Å². The van der Waals surface area contributed by atoms with Crippen LogP contribution in [0, 0.1) is 0 Å². The van der Waals surface area contributed by atoms with Crippen LogP contribution >= 0.6 is 0 Å². The van der Waals surface area contributed by atoms with Gasteiger partial charge in [-0.3, -0.25) is 4.79 Å². The first-order valence-corrected chi connectivity index (χ1v) is 4.21. The first kappa shape index (κ1) is 10.7. The second-order valence-electron chi connectivity index (χ2n) is 2.94. The molecule has 1 unspecified atom stereocenters. The van der Waals surface area contributed by atoms with Gasteiger partial charge in [0.05, 0.1) is 6.61 Å². The molecule has 0 fully saturated rings. The fourth-order valence-corrected chi connectivity index (χ4v) is 1.24. The molecule has 0 aromatic heterocycles. The van der Waals surface area contributed by atoms with Crippen molar-refractivity contribution in [3.8, 4) is 0 Å². The van der Waals surface area contributed by atoms with E-state index in [-0.39, 0.29) is 0 Å². The zero-order chi connectivity index (χ0) is 10.6. The molecule has 0 saturated carbocycles. The van der Waals surface area contributed by atoms with Crippen LogP contribution in [-0.4, -0.2) is 18.1 Å². The second kappa shape index (κ2) is 4.74. The van der Waals surface area contributed by atoms with Gasteiger partial charge in [-0.25, -0.2) is 0 Å². The normalized spacial score (nSPS) is 12.4. The van der Waals surface area contributed by atoms with Crippen molar-refractivity contribution in [3.63, 3.8) is 0 Å². The lowest BCUT2D eigenvalue weighted by Gasteiger charge is -2.11. The summed E-state index contributed by atoms with van der Waals surface area (Å²) in [5.74, 6) is -0.756. The average molecular weight is 195 g/mol. The number of rotatable bonds is 4. The third kappa shape index (κ3) is 2.31. The van der Waals surface area contributed by atoms with E-state index in [1.807, 2.05) is 6.07 Å². The van der Waals surface area contributed by atoms with Gasteiger partial charge >= 0.3 is 0 Å². The van der Waals surface area contributed by atoms with Gasteiger partial charge in [0.1, 0.15) is 0 Å². The summed E-state index contributed by atoms with van der Waals surface area (Å²) in [6, 6.07) is 6.99. The number of amides is 1. The Bertz CT molecular complexity index is 325. The highest BCUT2D eigenvalue weighted by atomic mass is 16.5. The fraction of sp³-hybridized carbons (Fsp3) is 0.300. The molecule has 0 aliphatic carbocycles. The molecule has 1 rings (SSSR count). The number of methoxy groups -OCH3 is 1. The quantitative estimate of drug-likeness (QED) is 0.728. The lowest BCUT2D eigenvalue weighted by atomic mass is 10.0. The maximum Gasteiger partial charge on any atom is 0.250 e. The van der Waals surface area contributed by atoms with Gasteiger partial charge < -0.3 is 15.6 Å². The van der Waals surface area contributed by atoms with E-state index >= 15 is 0 Å². The summed E-state index contributed by atoms with van der Waals surface area (Å²) < 4.78 is 4.94. The second-order valence-corrected chi connectivity index (χ2v) is 2.94. The van der Waals surface area contributed by atoms with Crippen molar-refractivity contribution < 1.29 is 14.6 Å². The number of benzene rings is 1. The Morgan fingerprint density at radius 3 is 2.79 bits per heavy atom. The Labute approximate surface area is 82.3 Å². The summed E-state index contributed by atoms with van der Waals surface area (Å²) in [4.78, 5) is 10.8. The molecule has 0 heterocycles. The van der Waals surface area contributed by atoms with E-state index < -0.39 is 12.0 Å². The van der Waals surface area contributed by atoms with Crippen molar-refractivity contribution in [2.24, 2.45) is 5.73 Å². The van der Waals surface area contributed by atoms with E-state index in [9.17, 15) is 9.90 Å². The van der Waals surface area contributed by atoms with Gasteiger partial charge in [-0.15, -0.1) is 0 Å². The summed E-state index contributed by atoms with van der Waals surface area (Å²) in [6.45, 7) is 0.348. The van der Waals surface area contributed by atoms with E-state index in [0.29, 0.717) is 12.2 Å². The number of primary amides is 1. The topological polar surface area (TPSA) is 72.6 Å². The molecule has 0 aliphatic rings. The number of carbonyl (C=O) groups excluding carboxylic acids is 1. The minimum absolute atomic E-state index is 0.348. The van der Waals surface area contributed by atoms with Gasteiger partial charge in [0, 0.05) is 7.11 Å². The largest absolute Gasteiger partial charge is 0.380 e. The third-order valence-corrected chi connectivity index (χ3v) is 1.92. The Morgan fingerprint density at radius 2 is 2.21 bits per heavy atom. The van der Waals surface area contributed by atoms with Crippen LogP contribution in [0.15, 0.2) is 24.3 Å². The molecule has 0 aliphatic heterocycles. The maximum absolute atomic E-state index is 10.8. The molecular formula is C10H13NO3. The van der Waals surface area contributed by atoms with Gasteiger partial charge in [0.15, 0.2) is 6.10 Å². The van der Waals surface area contributed by atoms with Crippen molar-refractivity contribution in [2.75, 3.05) is 7.11 Å².